The summed E-state index contributed by atoms with van der Waals surface area (Å²) >= 11 is 7.83. The lowest BCUT2D eigenvalue weighted by molar-refractivity contribution is 0.481. The van der Waals surface area contributed by atoms with Gasteiger partial charge in [0.1, 0.15) is 27.7 Å². The molecule has 1 heterocycles. The highest BCUT2D eigenvalue weighted by Crippen LogP contribution is 2.51. The fraction of sp³-hybridized carbons (Fsp3) is 0.280. The lowest BCUT2D eigenvalue weighted by Crippen LogP contribution is -2.16. The van der Waals surface area contributed by atoms with E-state index in [2.05, 4.69) is 295 Å². The quantitative estimate of drug-likeness (QED) is 0.129. The van der Waals surface area contributed by atoms with Crippen LogP contribution in [0, 0.1) is 6.92 Å². The first-order valence-corrected chi connectivity index (χ1v) is 29.0. The lowest BCUT2D eigenvalue weighted by atomic mass is 9.86. The highest BCUT2D eigenvalue weighted by Gasteiger charge is 2.28. The fourth-order valence-electron chi connectivity index (χ4n) is 10.7. The van der Waals surface area contributed by atoms with Gasteiger partial charge in [0.2, 0.25) is 0 Å². The van der Waals surface area contributed by atoms with Crippen molar-refractivity contribution in [1.29, 1.82) is 0 Å². The number of aryl methyl sites for hydroxylation is 1. The Labute approximate surface area is 487 Å². The van der Waals surface area contributed by atoms with Crippen LogP contribution in [0.1, 0.15) is 137 Å². The Morgan fingerprint density at radius 1 is 0.346 bits per heavy atom. The Morgan fingerprint density at radius 3 is 1.09 bits per heavy atom. The Hall–Kier alpha value is -7.73. The van der Waals surface area contributed by atoms with Crippen LogP contribution in [0.25, 0.3) is 21.9 Å². The third-order valence-corrected chi connectivity index (χ3v) is 16.0. The summed E-state index contributed by atoms with van der Waals surface area (Å²) < 4.78 is 13.8. The van der Waals surface area contributed by atoms with Gasteiger partial charge in [-0.05, 0) is 177 Å². The molecule has 10 rings (SSSR count). The third kappa shape index (κ3) is 11.9. The number of benzene rings is 9. The van der Waals surface area contributed by atoms with Crippen molar-refractivity contribution in [3.63, 3.8) is 0 Å². The Bertz CT molecular complexity index is 3720. The minimum absolute atomic E-state index is 0.00530. The van der Waals surface area contributed by atoms with Crippen molar-refractivity contribution in [2.24, 2.45) is 0 Å². The van der Waals surface area contributed by atoms with Crippen molar-refractivity contribution in [1.82, 2.24) is 0 Å². The van der Waals surface area contributed by atoms with Crippen LogP contribution in [0.2, 0.25) is 5.02 Å². The zero-order valence-corrected chi connectivity index (χ0v) is 51.3. The number of hydrogen-bond acceptors (Lipinski definition) is 5. The average Bonchev–Trinajstić information content (AvgIpc) is 4.10. The molecule has 0 aliphatic rings. The van der Waals surface area contributed by atoms with Gasteiger partial charge < -0.3 is 23.9 Å². The van der Waals surface area contributed by atoms with E-state index in [1.807, 2.05) is 24.3 Å². The van der Waals surface area contributed by atoms with Gasteiger partial charge in [0.15, 0.2) is 0 Å². The molecule has 0 aliphatic carbocycles. The number of rotatable bonds is 11. The third-order valence-electron chi connectivity index (χ3n) is 15.6. The molecule has 81 heavy (non-hydrogen) atoms. The number of ether oxygens (including phenoxy) is 1. The Kier molecular flexibility index (Phi) is 14.9. The van der Waals surface area contributed by atoms with Crippen LogP contribution in [-0.2, 0) is 27.1 Å². The average molecular weight is 1090 g/mol. The second kappa shape index (κ2) is 21.3. The molecule has 0 amide bonds. The number of nitrogens with zero attached hydrogens (tertiary/aromatic N) is 3. The number of furan rings is 1. The molecule has 0 saturated carbocycles. The van der Waals surface area contributed by atoms with Crippen LogP contribution in [0.15, 0.2) is 199 Å². The van der Waals surface area contributed by atoms with Crippen LogP contribution in [0.5, 0.6) is 11.5 Å². The smallest absolute Gasteiger partial charge is 0.148 e. The van der Waals surface area contributed by atoms with E-state index in [0.717, 1.165) is 78.7 Å². The van der Waals surface area contributed by atoms with E-state index in [-0.39, 0.29) is 27.1 Å². The number of hydrogen-bond donors (Lipinski definition) is 0. The molecular weight excluding hydrogens is 1010 g/mol. The molecule has 0 saturated heterocycles. The van der Waals surface area contributed by atoms with E-state index in [1.165, 1.54) is 27.8 Å². The molecule has 0 atom stereocenters. The summed E-state index contributed by atoms with van der Waals surface area (Å²) in [6, 6.07) is 70.3. The molecule has 0 aliphatic heterocycles. The first kappa shape index (κ1) is 56.5. The van der Waals surface area contributed by atoms with Crippen molar-refractivity contribution < 1.29 is 9.15 Å². The van der Waals surface area contributed by atoms with Crippen LogP contribution >= 0.6 is 11.6 Å². The minimum Gasteiger partial charge on any atom is -0.456 e. The molecular formula is C75H80ClN3O2. The van der Waals surface area contributed by atoms with Gasteiger partial charge in [0.25, 0.3) is 0 Å². The molecule has 0 N–H and O–H groups in total. The lowest BCUT2D eigenvalue weighted by Gasteiger charge is -2.32. The van der Waals surface area contributed by atoms with E-state index in [4.69, 9.17) is 20.8 Å². The van der Waals surface area contributed by atoms with Crippen LogP contribution in [0.3, 0.4) is 0 Å². The van der Waals surface area contributed by atoms with Crippen molar-refractivity contribution in [2.45, 2.75) is 138 Å². The highest BCUT2D eigenvalue weighted by molar-refractivity contribution is 6.35. The molecule has 10 aromatic rings. The molecule has 0 spiro atoms. The molecule has 5 nitrogen and oxygen atoms in total. The van der Waals surface area contributed by atoms with Crippen LogP contribution in [0.4, 0.5) is 51.2 Å². The summed E-state index contributed by atoms with van der Waals surface area (Å²) in [6.07, 6.45) is 0. The normalized spacial score (nSPS) is 12.5. The van der Waals surface area contributed by atoms with Crippen molar-refractivity contribution in [3.05, 3.63) is 233 Å². The summed E-state index contributed by atoms with van der Waals surface area (Å²) in [5, 5.41) is 2.51. The Morgan fingerprint density at radius 2 is 0.691 bits per heavy atom. The predicted molar refractivity (Wildman–Crippen MR) is 348 cm³/mol. The van der Waals surface area contributed by atoms with Crippen molar-refractivity contribution in [2.75, 3.05) is 14.7 Å². The SMILES string of the molecule is Cc1cc(Oc2ccc(C(C)(C)C)cc2)c(Cl)c(N(c2ccc(N(c3ccc(C(C)(C)C)cc3)c3ccc(C(C)(C)C)cc3)cc2)c2cc(N(c3ccc(C(C)(C)C)cc3)c3ccc(C(C)(C)C)cc3)c3c(c2)oc2ccccc23)c1. The number of halogens is 1. The monoisotopic (exact) mass is 1090 g/mol. The van der Waals surface area contributed by atoms with E-state index in [0.29, 0.717) is 16.5 Å². The topological polar surface area (TPSA) is 32.1 Å². The van der Waals surface area contributed by atoms with Crippen molar-refractivity contribution in [3.8, 4) is 11.5 Å². The molecule has 6 heteroatoms. The molecule has 0 bridgehead atoms. The minimum atomic E-state index is -0.0297. The fourth-order valence-corrected chi connectivity index (χ4v) is 11.0. The predicted octanol–water partition coefficient (Wildman–Crippen LogP) is 23.2. The van der Waals surface area contributed by atoms with Crippen LogP contribution < -0.4 is 19.4 Å². The largest absolute Gasteiger partial charge is 0.456 e. The van der Waals surface area contributed by atoms with Gasteiger partial charge in [-0.1, -0.05) is 194 Å². The maximum atomic E-state index is 7.83. The summed E-state index contributed by atoms with van der Waals surface area (Å²) in [5.74, 6) is 1.27. The van der Waals surface area contributed by atoms with Gasteiger partial charge in [0, 0.05) is 45.6 Å². The Balaban J connectivity index is 1.21. The van der Waals surface area contributed by atoms with Crippen molar-refractivity contribution >= 4 is 84.7 Å². The second-order valence-corrected chi connectivity index (χ2v) is 27.5. The van der Waals surface area contributed by atoms with Gasteiger partial charge in [-0.2, -0.15) is 0 Å². The molecule has 0 unspecified atom stereocenters. The molecule has 0 radical (unpaired) electrons. The van der Waals surface area contributed by atoms with Gasteiger partial charge in [-0.25, -0.2) is 0 Å². The summed E-state index contributed by atoms with van der Waals surface area (Å²) in [6.45, 7) is 35.9. The van der Waals surface area contributed by atoms with Gasteiger partial charge in [-0.15, -0.1) is 0 Å². The highest BCUT2D eigenvalue weighted by atomic mass is 35.5. The number of para-hydroxylation sites is 1. The van der Waals surface area contributed by atoms with E-state index in [1.54, 1.807) is 0 Å². The zero-order chi connectivity index (χ0) is 58.0. The van der Waals surface area contributed by atoms with E-state index >= 15 is 0 Å². The summed E-state index contributed by atoms with van der Waals surface area (Å²) in [7, 11) is 0. The standard InChI is InChI=1S/C75H80ClN3O2/c1-49-45-65(70(76)68(46-49)80-62-43-29-54(30-44-62)75(14,15)16)79(60-41-39-57(40-42-60)77(55-31-21-50(22-32-55)71(2,3)4)56-33-23-51(24-34-56)72(5,6)7)61-47-64(69-63-19-17-18-20-66(63)81-67(69)48-61)78(58-35-25-52(26-36-58)73(8,9)10)59-37-27-53(28-38-59)74(11,12)13/h17-48H,1-16H3. The summed E-state index contributed by atoms with van der Waals surface area (Å²) in [4.78, 5) is 6.99. The first-order valence-electron chi connectivity index (χ1n) is 28.6. The number of fused-ring (bicyclic) bond motifs is 3. The van der Waals surface area contributed by atoms with E-state index < -0.39 is 0 Å². The second-order valence-electron chi connectivity index (χ2n) is 27.1. The first-order chi connectivity index (χ1) is 38.1. The summed E-state index contributed by atoms with van der Waals surface area (Å²) in [5.41, 5.74) is 17.5. The van der Waals surface area contributed by atoms with Gasteiger partial charge in [-0.3, -0.25) is 0 Å². The van der Waals surface area contributed by atoms with Crippen LogP contribution in [-0.4, -0.2) is 0 Å². The van der Waals surface area contributed by atoms with Gasteiger partial charge >= 0.3 is 0 Å². The molecule has 414 valence electrons. The van der Waals surface area contributed by atoms with E-state index in [9.17, 15) is 0 Å². The van der Waals surface area contributed by atoms with Gasteiger partial charge in [0.05, 0.1) is 22.4 Å². The maximum absolute atomic E-state index is 7.83. The number of anilines is 9. The maximum Gasteiger partial charge on any atom is 0.148 e. The molecule has 9 aromatic carbocycles. The zero-order valence-electron chi connectivity index (χ0n) is 50.5. The molecule has 1 aromatic heterocycles. The molecule has 0 fully saturated rings.